The van der Waals surface area contributed by atoms with Crippen LogP contribution in [-0.2, 0) is 0 Å². The monoisotopic (exact) mass is 250 g/mol. The van der Waals surface area contributed by atoms with Gasteiger partial charge >= 0.3 is 0 Å². The van der Waals surface area contributed by atoms with Crippen molar-refractivity contribution in [2.45, 2.75) is 41.5 Å². The van der Waals surface area contributed by atoms with E-state index in [1.54, 1.807) is 0 Å². The molecule has 1 aromatic rings. The molecule has 1 N–H and O–H groups in total. The largest absolute Gasteiger partial charge is 0.361 e. The van der Waals surface area contributed by atoms with Crippen molar-refractivity contribution in [3.05, 3.63) is 22.6 Å². The Kier molecular flexibility index (Phi) is 5.60. The van der Waals surface area contributed by atoms with Crippen molar-refractivity contribution in [2.24, 2.45) is 11.8 Å². The van der Waals surface area contributed by atoms with Gasteiger partial charge in [-0.25, -0.2) is 0 Å². The van der Waals surface area contributed by atoms with Gasteiger partial charge in [-0.15, -0.1) is 0 Å². The maximum Gasteiger partial charge on any atom is 0.141 e. The zero-order valence-electron chi connectivity index (χ0n) is 12.5. The van der Waals surface area contributed by atoms with Gasteiger partial charge in [0, 0.05) is 12.1 Å². The highest BCUT2D eigenvalue weighted by molar-refractivity contribution is 5.57. The van der Waals surface area contributed by atoms with Crippen LogP contribution in [0.25, 0.3) is 6.08 Å². The van der Waals surface area contributed by atoms with Crippen molar-refractivity contribution in [3.63, 3.8) is 0 Å². The van der Waals surface area contributed by atoms with E-state index in [4.69, 9.17) is 4.52 Å². The maximum absolute atomic E-state index is 5.20. The molecule has 0 aliphatic carbocycles. The van der Waals surface area contributed by atoms with Crippen LogP contribution in [-0.4, -0.2) is 18.2 Å². The molecule has 3 heteroatoms. The lowest BCUT2D eigenvalue weighted by Gasteiger charge is -2.14. The summed E-state index contributed by atoms with van der Waals surface area (Å²) in [7, 11) is 0. The van der Waals surface area contributed by atoms with E-state index in [1.165, 1.54) is 5.57 Å². The number of hydrogen-bond acceptors (Lipinski definition) is 3. The molecule has 0 amide bonds. The molecule has 102 valence electrons. The molecule has 0 fully saturated rings. The molecule has 18 heavy (non-hydrogen) atoms. The topological polar surface area (TPSA) is 38.1 Å². The highest BCUT2D eigenvalue weighted by Gasteiger charge is 2.10. The van der Waals surface area contributed by atoms with Gasteiger partial charge in [-0.05, 0) is 38.3 Å². The standard InChI is InChI=1S/C15H26N2O/c1-10(2)8-16-9-14(11(3)4)7-15-12(5)17-18-13(15)6/h7,10-11,16H,8-9H2,1-6H3. The lowest BCUT2D eigenvalue weighted by Crippen LogP contribution is -2.23. The first-order valence-corrected chi connectivity index (χ1v) is 6.75. The molecule has 3 nitrogen and oxygen atoms in total. The average Bonchev–Trinajstić information content (AvgIpc) is 2.58. The molecule has 0 aromatic carbocycles. The molecule has 0 unspecified atom stereocenters. The Labute approximate surface area is 111 Å². The Morgan fingerprint density at radius 1 is 1.28 bits per heavy atom. The van der Waals surface area contributed by atoms with Gasteiger partial charge in [-0.3, -0.25) is 0 Å². The van der Waals surface area contributed by atoms with Gasteiger partial charge in [0.15, 0.2) is 0 Å². The van der Waals surface area contributed by atoms with Crippen LogP contribution >= 0.6 is 0 Å². The quantitative estimate of drug-likeness (QED) is 0.838. The van der Waals surface area contributed by atoms with Crippen LogP contribution in [0.3, 0.4) is 0 Å². The normalized spacial score (nSPS) is 12.8. The van der Waals surface area contributed by atoms with Crippen LogP contribution in [0.1, 0.15) is 44.7 Å². The van der Waals surface area contributed by atoms with E-state index in [1.807, 2.05) is 13.8 Å². The van der Waals surface area contributed by atoms with Gasteiger partial charge in [-0.2, -0.15) is 0 Å². The lowest BCUT2D eigenvalue weighted by atomic mass is 9.99. The zero-order valence-corrected chi connectivity index (χ0v) is 12.5. The number of nitrogens with one attached hydrogen (secondary N) is 1. The second-order valence-electron chi connectivity index (χ2n) is 5.64. The summed E-state index contributed by atoms with van der Waals surface area (Å²) >= 11 is 0. The van der Waals surface area contributed by atoms with Crippen molar-refractivity contribution >= 4 is 6.08 Å². The summed E-state index contributed by atoms with van der Waals surface area (Å²) in [5, 5.41) is 7.50. The molecule has 0 atom stereocenters. The van der Waals surface area contributed by atoms with Crippen molar-refractivity contribution in [1.29, 1.82) is 0 Å². The van der Waals surface area contributed by atoms with Crippen LogP contribution < -0.4 is 5.32 Å². The number of rotatable bonds is 6. The first-order chi connectivity index (χ1) is 8.41. The minimum absolute atomic E-state index is 0.526. The predicted molar refractivity (Wildman–Crippen MR) is 76.5 cm³/mol. The first kappa shape index (κ1) is 15.0. The third kappa shape index (κ3) is 4.30. The maximum atomic E-state index is 5.20. The number of nitrogens with zero attached hydrogens (tertiary/aromatic N) is 1. The molecule has 0 aliphatic heterocycles. The fourth-order valence-corrected chi connectivity index (χ4v) is 1.81. The second-order valence-corrected chi connectivity index (χ2v) is 5.64. The summed E-state index contributed by atoms with van der Waals surface area (Å²) in [6.07, 6.45) is 2.22. The number of aromatic nitrogens is 1. The summed E-state index contributed by atoms with van der Waals surface area (Å²) in [6.45, 7) is 14.8. The smallest absolute Gasteiger partial charge is 0.141 e. The van der Waals surface area contributed by atoms with Gasteiger partial charge in [0.05, 0.1) is 5.69 Å². The molecule has 1 rings (SSSR count). The molecule has 0 saturated carbocycles. The third-order valence-electron chi connectivity index (χ3n) is 3.04. The molecular weight excluding hydrogens is 224 g/mol. The summed E-state index contributed by atoms with van der Waals surface area (Å²) in [4.78, 5) is 0. The van der Waals surface area contributed by atoms with E-state index in [9.17, 15) is 0 Å². The number of aryl methyl sites for hydroxylation is 2. The van der Waals surface area contributed by atoms with Crippen LogP contribution in [0, 0.1) is 25.7 Å². The van der Waals surface area contributed by atoms with E-state index in [2.05, 4.69) is 44.2 Å². The Balaban J connectivity index is 2.78. The molecule has 0 saturated heterocycles. The number of hydrogen-bond donors (Lipinski definition) is 1. The van der Waals surface area contributed by atoms with Gasteiger partial charge in [0.25, 0.3) is 0 Å². The lowest BCUT2D eigenvalue weighted by molar-refractivity contribution is 0.393. The molecule has 1 aromatic heterocycles. The Bertz CT molecular complexity index is 383. The van der Waals surface area contributed by atoms with Crippen LogP contribution in [0.15, 0.2) is 10.1 Å². The molecule has 0 aliphatic rings. The summed E-state index contributed by atoms with van der Waals surface area (Å²) in [6, 6.07) is 0. The minimum Gasteiger partial charge on any atom is -0.361 e. The van der Waals surface area contributed by atoms with E-state index < -0.39 is 0 Å². The minimum atomic E-state index is 0.526. The van der Waals surface area contributed by atoms with Gasteiger partial charge in [-0.1, -0.05) is 38.4 Å². The average molecular weight is 250 g/mol. The zero-order chi connectivity index (χ0) is 13.7. The highest BCUT2D eigenvalue weighted by Crippen LogP contribution is 2.19. The Morgan fingerprint density at radius 3 is 2.39 bits per heavy atom. The Morgan fingerprint density at radius 2 is 1.94 bits per heavy atom. The molecule has 0 bridgehead atoms. The molecule has 0 radical (unpaired) electrons. The summed E-state index contributed by atoms with van der Waals surface area (Å²) in [5.74, 6) is 2.10. The van der Waals surface area contributed by atoms with Crippen molar-refractivity contribution in [2.75, 3.05) is 13.1 Å². The molecular formula is C15H26N2O. The van der Waals surface area contributed by atoms with E-state index >= 15 is 0 Å². The van der Waals surface area contributed by atoms with Gasteiger partial charge in [0.1, 0.15) is 5.76 Å². The second kappa shape index (κ2) is 6.74. The van der Waals surface area contributed by atoms with E-state index in [0.29, 0.717) is 11.8 Å². The predicted octanol–water partition coefficient (Wildman–Crippen LogP) is 3.58. The van der Waals surface area contributed by atoms with Crippen molar-refractivity contribution in [3.8, 4) is 0 Å². The van der Waals surface area contributed by atoms with Crippen molar-refractivity contribution in [1.82, 2.24) is 10.5 Å². The van der Waals surface area contributed by atoms with Crippen LogP contribution in [0.5, 0.6) is 0 Å². The summed E-state index contributed by atoms with van der Waals surface area (Å²) < 4.78 is 5.20. The first-order valence-electron chi connectivity index (χ1n) is 6.75. The highest BCUT2D eigenvalue weighted by atomic mass is 16.5. The van der Waals surface area contributed by atoms with E-state index in [-0.39, 0.29) is 0 Å². The summed E-state index contributed by atoms with van der Waals surface area (Å²) in [5.41, 5.74) is 3.49. The fraction of sp³-hybridized carbons (Fsp3) is 0.667. The van der Waals surface area contributed by atoms with Gasteiger partial charge in [0.2, 0.25) is 0 Å². The van der Waals surface area contributed by atoms with Gasteiger partial charge < -0.3 is 9.84 Å². The molecule has 1 heterocycles. The van der Waals surface area contributed by atoms with Crippen molar-refractivity contribution < 1.29 is 4.52 Å². The Hall–Kier alpha value is -1.09. The van der Waals surface area contributed by atoms with Crippen LogP contribution in [0.4, 0.5) is 0 Å². The SMILES string of the molecule is Cc1noc(C)c1C=C(CNCC(C)C)C(C)C. The fourth-order valence-electron chi connectivity index (χ4n) is 1.81. The third-order valence-corrected chi connectivity index (χ3v) is 3.04. The molecule has 0 spiro atoms. The van der Waals surface area contributed by atoms with Crippen LogP contribution in [0.2, 0.25) is 0 Å². The van der Waals surface area contributed by atoms with E-state index in [0.717, 1.165) is 30.1 Å².